The Hall–Kier alpha value is -2.42. The molecule has 108 valence electrons. The summed E-state index contributed by atoms with van der Waals surface area (Å²) in [5, 5.41) is 8.72. The van der Waals surface area contributed by atoms with Crippen LogP contribution in [0.5, 0.6) is 0 Å². The van der Waals surface area contributed by atoms with Crippen LogP contribution in [0.2, 0.25) is 0 Å². The summed E-state index contributed by atoms with van der Waals surface area (Å²) in [6, 6.07) is 15.6. The first-order chi connectivity index (χ1) is 10.0. The number of hydrogen-bond acceptors (Lipinski definition) is 2. The fourth-order valence-corrected chi connectivity index (χ4v) is 1.99. The second-order valence-electron chi connectivity index (χ2n) is 5.32. The summed E-state index contributed by atoms with van der Waals surface area (Å²) in [6.45, 7) is 4.34. The minimum Gasteiger partial charge on any atom is -0.481 e. The molecule has 3 nitrogen and oxygen atoms in total. The highest BCUT2D eigenvalue weighted by Crippen LogP contribution is 2.16. The molecule has 0 unspecified atom stereocenters. The van der Waals surface area contributed by atoms with Crippen LogP contribution in [0.25, 0.3) is 0 Å². The van der Waals surface area contributed by atoms with E-state index in [1.807, 2.05) is 18.3 Å². The Labute approximate surface area is 125 Å². The highest BCUT2D eigenvalue weighted by molar-refractivity contribution is 5.82. The van der Waals surface area contributed by atoms with Crippen LogP contribution in [0.3, 0.4) is 0 Å². The third-order valence-electron chi connectivity index (χ3n) is 3.26. The zero-order valence-electron chi connectivity index (χ0n) is 12.3. The van der Waals surface area contributed by atoms with Gasteiger partial charge in [-0.2, -0.15) is 0 Å². The predicted octanol–water partition coefficient (Wildman–Crippen LogP) is 4.19. The Morgan fingerprint density at radius 3 is 2.24 bits per heavy atom. The largest absolute Gasteiger partial charge is 0.481 e. The summed E-state index contributed by atoms with van der Waals surface area (Å²) in [4.78, 5) is 15.0. The lowest BCUT2D eigenvalue weighted by Crippen LogP contribution is -1.99. The average Bonchev–Trinajstić information content (AvgIpc) is 2.46. The molecule has 0 aliphatic heterocycles. The highest BCUT2D eigenvalue weighted by Gasteiger charge is 2.00. The number of carbonyl (C=O) groups is 1. The lowest BCUT2D eigenvalue weighted by atomic mass is 10.0. The molecule has 1 N–H and O–H groups in total. The third-order valence-corrected chi connectivity index (χ3v) is 3.26. The van der Waals surface area contributed by atoms with Crippen molar-refractivity contribution in [2.24, 2.45) is 4.99 Å². The summed E-state index contributed by atoms with van der Waals surface area (Å²) in [5.74, 6) is -0.297. The molecule has 2 aromatic rings. The van der Waals surface area contributed by atoms with E-state index in [1.165, 1.54) is 5.56 Å². The van der Waals surface area contributed by atoms with E-state index in [2.05, 4.69) is 43.1 Å². The van der Waals surface area contributed by atoms with Gasteiger partial charge in [0.2, 0.25) is 0 Å². The first-order valence-electron chi connectivity index (χ1n) is 6.99. The number of aliphatic carboxylic acids is 1. The predicted molar refractivity (Wildman–Crippen MR) is 85.6 cm³/mol. The number of rotatable bonds is 5. The maximum Gasteiger partial charge on any atom is 0.307 e. The summed E-state index contributed by atoms with van der Waals surface area (Å²) in [6.07, 6.45) is 1.86. The molecular weight excluding hydrogens is 262 g/mol. The van der Waals surface area contributed by atoms with E-state index in [0.717, 1.165) is 16.8 Å². The minimum atomic E-state index is -0.823. The van der Waals surface area contributed by atoms with Crippen molar-refractivity contribution in [3.8, 4) is 0 Å². The van der Waals surface area contributed by atoms with Crippen molar-refractivity contribution >= 4 is 17.9 Å². The van der Waals surface area contributed by atoms with Crippen LogP contribution in [0.4, 0.5) is 5.69 Å². The fourth-order valence-electron chi connectivity index (χ4n) is 1.99. The van der Waals surface area contributed by atoms with Gasteiger partial charge in [0.25, 0.3) is 0 Å². The molecule has 2 aromatic carbocycles. The van der Waals surface area contributed by atoms with Crippen molar-refractivity contribution in [2.75, 3.05) is 0 Å². The SMILES string of the molecule is CC(C)c1ccc(C=Nc2ccc(CC(=O)O)cc2)cc1. The molecule has 0 aromatic heterocycles. The number of carboxylic acid groups (broad SMARTS) is 1. The van der Waals surface area contributed by atoms with E-state index in [4.69, 9.17) is 5.11 Å². The van der Waals surface area contributed by atoms with Gasteiger partial charge in [-0.05, 0) is 34.7 Å². The van der Waals surface area contributed by atoms with E-state index < -0.39 is 5.97 Å². The van der Waals surface area contributed by atoms with E-state index >= 15 is 0 Å². The van der Waals surface area contributed by atoms with Gasteiger partial charge in [-0.1, -0.05) is 50.2 Å². The summed E-state index contributed by atoms with van der Waals surface area (Å²) in [7, 11) is 0. The van der Waals surface area contributed by atoms with Crippen LogP contribution in [-0.2, 0) is 11.2 Å². The zero-order valence-corrected chi connectivity index (χ0v) is 12.3. The molecule has 0 spiro atoms. The third kappa shape index (κ3) is 4.56. The maximum atomic E-state index is 10.6. The normalized spacial score (nSPS) is 11.2. The number of benzene rings is 2. The van der Waals surface area contributed by atoms with Crippen molar-refractivity contribution < 1.29 is 9.90 Å². The van der Waals surface area contributed by atoms with Crippen LogP contribution in [0.1, 0.15) is 36.5 Å². The van der Waals surface area contributed by atoms with Gasteiger partial charge >= 0.3 is 5.97 Å². The molecule has 0 saturated carbocycles. The molecule has 0 fully saturated rings. The fraction of sp³-hybridized carbons (Fsp3) is 0.222. The second kappa shape index (κ2) is 6.84. The highest BCUT2D eigenvalue weighted by atomic mass is 16.4. The van der Waals surface area contributed by atoms with Crippen molar-refractivity contribution in [3.05, 3.63) is 65.2 Å². The number of carboxylic acids is 1. The van der Waals surface area contributed by atoms with Gasteiger partial charge in [0.1, 0.15) is 0 Å². The first kappa shape index (κ1) is 15.0. The molecule has 0 saturated heterocycles. The summed E-state index contributed by atoms with van der Waals surface area (Å²) >= 11 is 0. The molecule has 2 rings (SSSR count). The summed E-state index contributed by atoms with van der Waals surface area (Å²) in [5.41, 5.74) is 3.96. The van der Waals surface area contributed by atoms with Gasteiger partial charge in [0, 0.05) is 6.21 Å². The van der Waals surface area contributed by atoms with E-state index in [-0.39, 0.29) is 6.42 Å². The monoisotopic (exact) mass is 281 g/mol. The molecule has 3 heteroatoms. The van der Waals surface area contributed by atoms with Crippen LogP contribution in [0.15, 0.2) is 53.5 Å². The van der Waals surface area contributed by atoms with Gasteiger partial charge in [0.15, 0.2) is 0 Å². The van der Waals surface area contributed by atoms with E-state index in [0.29, 0.717) is 5.92 Å². The molecule has 0 aliphatic carbocycles. The molecule has 21 heavy (non-hydrogen) atoms. The Morgan fingerprint density at radius 1 is 1.10 bits per heavy atom. The van der Waals surface area contributed by atoms with Crippen molar-refractivity contribution in [1.29, 1.82) is 0 Å². The lowest BCUT2D eigenvalue weighted by Gasteiger charge is -2.04. The van der Waals surface area contributed by atoms with Crippen molar-refractivity contribution in [3.63, 3.8) is 0 Å². The maximum absolute atomic E-state index is 10.6. The van der Waals surface area contributed by atoms with Gasteiger partial charge in [-0.3, -0.25) is 9.79 Å². The standard InChI is InChI=1S/C18H19NO2/c1-13(2)16-7-3-15(4-8-16)12-19-17-9-5-14(6-10-17)11-18(20)21/h3-10,12-13H,11H2,1-2H3,(H,20,21). The Balaban J connectivity index is 2.05. The van der Waals surface area contributed by atoms with Crippen LogP contribution in [0, 0.1) is 0 Å². The van der Waals surface area contributed by atoms with Gasteiger partial charge in [-0.15, -0.1) is 0 Å². The molecule has 0 amide bonds. The zero-order chi connectivity index (χ0) is 15.2. The second-order valence-corrected chi connectivity index (χ2v) is 5.32. The number of hydrogen-bond donors (Lipinski definition) is 1. The van der Waals surface area contributed by atoms with E-state index in [1.54, 1.807) is 12.1 Å². The van der Waals surface area contributed by atoms with Crippen LogP contribution < -0.4 is 0 Å². The molecule has 0 bridgehead atoms. The number of aliphatic imine (C=N–C) groups is 1. The average molecular weight is 281 g/mol. The van der Waals surface area contributed by atoms with Gasteiger partial charge < -0.3 is 5.11 Å². The Kier molecular flexibility index (Phi) is 4.88. The van der Waals surface area contributed by atoms with Gasteiger partial charge in [-0.25, -0.2) is 0 Å². The smallest absolute Gasteiger partial charge is 0.307 e. The quantitative estimate of drug-likeness (QED) is 0.835. The molecular formula is C18H19NO2. The molecule has 0 radical (unpaired) electrons. The Bertz CT molecular complexity index is 625. The lowest BCUT2D eigenvalue weighted by molar-refractivity contribution is -0.136. The first-order valence-corrected chi connectivity index (χ1v) is 6.99. The molecule has 0 atom stereocenters. The van der Waals surface area contributed by atoms with Crippen molar-refractivity contribution in [1.82, 2.24) is 0 Å². The van der Waals surface area contributed by atoms with Crippen LogP contribution >= 0.6 is 0 Å². The topological polar surface area (TPSA) is 49.7 Å². The van der Waals surface area contributed by atoms with Crippen molar-refractivity contribution in [2.45, 2.75) is 26.2 Å². The van der Waals surface area contributed by atoms with Crippen LogP contribution in [-0.4, -0.2) is 17.3 Å². The molecule has 0 heterocycles. The Morgan fingerprint density at radius 2 is 1.71 bits per heavy atom. The summed E-state index contributed by atoms with van der Waals surface area (Å²) < 4.78 is 0. The van der Waals surface area contributed by atoms with E-state index in [9.17, 15) is 4.79 Å². The van der Waals surface area contributed by atoms with Gasteiger partial charge in [0.05, 0.1) is 12.1 Å². The minimum absolute atomic E-state index is 0.0423. The molecule has 0 aliphatic rings. The number of nitrogens with zero attached hydrogens (tertiary/aromatic N) is 1.